The van der Waals surface area contributed by atoms with E-state index in [1.807, 2.05) is 6.08 Å². The van der Waals surface area contributed by atoms with Crippen molar-refractivity contribution in [2.24, 2.45) is 0 Å². The fourth-order valence-electron chi connectivity index (χ4n) is 8.08. The van der Waals surface area contributed by atoms with Crippen molar-refractivity contribution in [2.75, 3.05) is 13.2 Å². The fraction of sp³-hybridized carbons (Fsp3) is 0.730. The van der Waals surface area contributed by atoms with Crippen LogP contribution in [-0.4, -0.2) is 37.2 Å². The summed E-state index contributed by atoms with van der Waals surface area (Å²) in [7, 11) is 0. The molecule has 0 rings (SSSR count). The summed E-state index contributed by atoms with van der Waals surface area (Å²) in [6, 6.07) is 0. The number of carbonyl (C=O) groups is 3. The molecule has 1 unspecified atom stereocenters. The predicted octanol–water partition coefficient (Wildman–Crippen LogP) is 19.5. The van der Waals surface area contributed by atoms with E-state index in [4.69, 9.17) is 14.2 Å². The summed E-state index contributed by atoms with van der Waals surface area (Å²) in [5.41, 5.74) is 0. The van der Waals surface area contributed by atoms with Gasteiger partial charge in [0.05, 0.1) is 6.42 Å². The van der Waals surface area contributed by atoms with E-state index in [1.54, 1.807) is 6.08 Å². The molecular weight excluding hydrogens is 853 g/mol. The predicted molar refractivity (Wildman–Crippen MR) is 297 cm³/mol. The van der Waals surface area contributed by atoms with Crippen LogP contribution in [-0.2, 0) is 28.6 Å². The van der Waals surface area contributed by atoms with Gasteiger partial charge in [0.1, 0.15) is 13.2 Å². The van der Waals surface area contributed by atoms with Crippen molar-refractivity contribution in [1.82, 2.24) is 0 Å². The minimum absolute atomic E-state index is 0.0981. The molecule has 0 saturated heterocycles. The van der Waals surface area contributed by atoms with Gasteiger partial charge in [0.2, 0.25) is 0 Å². The van der Waals surface area contributed by atoms with Crippen molar-refractivity contribution in [2.45, 2.75) is 284 Å². The zero-order chi connectivity index (χ0) is 50.0. The molecule has 0 aliphatic carbocycles. The zero-order valence-corrected chi connectivity index (χ0v) is 45.3. The van der Waals surface area contributed by atoms with Crippen molar-refractivity contribution < 1.29 is 28.6 Å². The summed E-state index contributed by atoms with van der Waals surface area (Å²) in [6.45, 7) is 6.35. The van der Waals surface area contributed by atoms with Gasteiger partial charge in [-0.05, 0) is 77.0 Å². The minimum atomic E-state index is -0.825. The molecule has 69 heavy (non-hydrogen) atoms. The zero-order valence-electron chi connectivity index (χ0n) is 45.3. The summed E-state index contributed by atoms with van der Waals surface area (Å²) in [5, 5.41) is 0. The van der Waals surface area contributed by atoms with Crippen molar-refractivity contribution in [3.05, 3.63) is 85.1 Å². The molecule has 0 spiro atoms. The maximum absolute atomic E-state index is 12.7. The van der Waals surface area contributed by atoms with Crippen LogP contribution < -0.4 is 0 Å². The Morgan fingerprint density at radius 3 is 0.957 bits per heavy atom. The number of hydrogen-bond donors (Lipinski definition) is 0. The molecule has 0 saturated carbocycles. The first-order valence-corrected chi connectivity index (χ1v) is 29.1. The third-order valence-corrected chi connectivity index (χ3v) is 12.4. The van der Waals surface area contributed by atoms with Gasteiger partial charge in [-0.2, -0.15) is 0 Å². The quantitative estimate of drug-likeness (QED) is 0.0262. The number of ether oxygens (including phenoxy) is 3. The molecule has 0 bridgehead atoms. The van der Waals surface area contributed by atoms with Crippen LogP contribution in [0.4, 0.5) is 0 Å². The number of rotatable bonds is 52. The molecule has 0 fully saturated rings. The summed E-state index contributed by atoms with van der Waals surface area (Å²) in [6.07, 6.45) is 75.3. The van der Waals surface area contributed by atoms with E-state index in [2.05, 4.69) is 93.7 Å². The van der Waals surface area contributed by atoms with Crippen LogP contribution in [0.2, 0.25) is 0 Å². The Labute approximate surface area is 426 Å². The molecule has 0 aliphatic heterocycles. The van der Waals surface area contributed by atoms with Gasteiger partial charge in [-0.25, -0.2) is 0 Å². The third-order valence-electron chi connectivity index (χ3n) is 12.4. The van der Waals surface area contributed by atoms with Crippen molar-refractivity contribution in [3.63, 3.8) is 0 Å². The van der Waals surface area contributed by atoms with Crippen LogP contribution in [0.25, 0.3) is 0 Å². The van der Waals surface area contributed by atoms with Crippen molar-refractivity contribution >= 4 is 17.9 Å². The summed E-state index contributed by atoms with van der Waals surface area (Å²) in [5.74, 6) is -1.06. The Morgan fingerprint density at radius 1 is 0.319 bits per heavy atom. The SMILES string of the molecule is CC/C=C\C/C=C\C/C=C\C/C=C\C/C=C\CC(=O)OC(COC(=O)CCCCCCC)COC(=O)CCCCCCCCCCCCCCCCCCCCC/C=C\C/C=C\CCCCCCC. The smallest absolute Gasteiger partial charge is 0.310 e. The Balaban J connectivity index is 4.01. The molecule has 396 valence electrons. The molecule has 0 heterocycles. The van der Waals surface area contributed by atoms with Crippen molar-refractivity contribution in [3.8, 4) is 0 Å². The normalized spacial score (nSPS) is 12.7. The van der Waals surface area contributed by atoms with Gasteiger partial charge in [0, 0.05) is 12.8 Å². The Hall–Kier alpha value is -3.41. The van der Waals surface area contributed by atoms with Crippen LogP contribution in [0.15, 0.2) is 85.1 Å². The van der Waals surface area contributed by atoms with Crippen LogP contribution in [0.5, 0.6) is 0 Å². The van der Waals surface area contributed by atoms with Gasteiger partial charge in [-0.15, -0.1) is 0 Å². The van der Waals surface area contributed by atoms with Gasteiger partial charge < -0.3 is 14.2 Å². The molecule has 0 aromatic carbocycles. The van der Waals surface area contributed by atoms with Gasteiger partial charge in [0.25, 0.3) is 0 Å². The second-order valence-electron chi connectivity index (χ2n) is 19.2. The van der Waals surface area contributed by atoms with Crippen LogP contribution in [0, 0.1) is 0 Å². The lowest BCUT2D eigenvalue weighted by molar-refractivity contribution is -0.166. The first-order valence-electron chi connectivity index (χ1n) is 29.1. The maximum atomic E-state index is 12.7. The van der Waals surface area contributed by atoms with Crippen LogP contribution in [0.3, 0.4) is 0 Å². The van der Waals surface area contributed by atoms with Gasteiger partial charge in [-0.1, -0.05) is 266 Å². The highest BCUT2D eigenvalue weighted by atomic mass is 16.6. The lowest BCUT2D eigenvalue weighted by atomic mass is 10.0. The number of carbonyl (C=O) groups excluding carboxylic acids is 3. The van der Waals surface area contributed by atoms with E-state index < -0.39 is 12.1 Å². The molecule has 6 heteroatoms. The van der Waals surface area contributed by atoms with Crippen molar-refractivity contribution in [1.29, 1.82) is 0 Å². The first-order chi connectivity index (χ1) is 34.0. The second-order valence-corrected chi connectivity index (χ2v) is 19.2. The summed E-state index contributed by atoms with van der Waals surface area (Å²) < 4.78 is 16.6. The topological polar surface area (TPSA) is 78.9 Å². The first kappa shape index (κ1) is 65.6. The van der Waals surface area contributed by atoms with E-state index in [1.165, 1.54) is 148 Å². The van der Waals surface area contributed by atoms with Crippen LogP contribution in [0.1, 0.15) is 278 Å². The molecule has 0 N–H and O–H groups in total. The summed E-state index contributed by atoms with van der Waals surface area (Å²) in [4.78, 5) is 37.6. The molecule has 0 amide bonds. The van der Waals surface area contributed by atoms with Gasteiger partial charge in [0.15, 0.2) is 6.10 Å². The maximum Gasteiger partial charge on any atom is 0.310 e. The molecule has 0 aromatic rings. The van der Waals surface area contributed by atoms with Crippen LogP contribution >= 0.6 is 0 Å². The molecule has 0 radical (unpaired) electrons. The Kier molecular flexibility index (Phi) is 54.3. The number of unbranched alkanes of at least 4 members (excludes halogenated alkanes) is 28. The number of esters is 3. The Bertz CT molecular complexity index is 1330. The number of hydrogen-bond acceptors (Lipinski definition) is 6. The highest BCUT2D eigenvalue weighted by Crippen LogP contribution is 2.16. The fourth-order valence-corrected chi connectivity index (χ4v) is 8.08. The average Bonchev–Trinajstić information content (AvgIpc) is 3.35. The van der Waals surface area contributed by atoms with E-state index in [-0.39, 0.29) is 31.6 Å². The third kappa shape index (κ3) is 55.4. The van der Waals surface area contributed by atoms with E-state index >= 15 is 0 Å². The van der Waals surface area contributed by atoms with E-state index in [0.717, 1.165) is 89.9 Å². The lowest BCUT2D eigenvalue weighted by Gasteiger charge is -2.18. The largest absolute Gasteiger partial charge is 0.462 e. The second kappa shape index (κ2) is 57.2. The minimum Gasteiger partial charge on any atom is -0.462 e. The standard InChI is InChI=1S/C63H108O6/c1-4-7-10-13-15-17-19-21-23-24-25-26-27-28-29-30-31-32-33-34-35-36-37-38-40-41-43-45-47-50-53-56-62(65)68-59-60(58-67-61(64)55-52-49-12-9-6-3)69-63(66)57-54-51-48-46-44-42-39-22-20-18-16-14-11-8-5-2/h8,11,16,18-19,21-22,24-25,39,44,46,51,54,60H,4-7,9-10,12-15,17,20,23,26-38,40-43,45,47-50,52-53,55-59H2,1-3H3/b11-8-,18-16-,21-19-,25-24-,39-22-,46-44-,54-51-. The highest BCUT2D eigenvalue weighted by molar-refractivity contribution is 5.72. The van der Waals surface area contributed by atoms with Gasteiger partial charge in [-0.3, -0.25) is 14.4 Å². The van der Waals surface area contributed by atoms with E-state index in [9.17, 15) is 14.4 Å². The van der Waals surface area contributed by atoms with Gasteiger partial charge >= 0.3 is 17.9 Å². The molecule has 1 atom stereocenters. The monoisotopic (exact) mass is 961 g/mol. The molecule has 6 nitrogen and oxygen atoms in total. The highest BCUT2D eigenvalue weighted by Gasteiger charge is 2.19. The Morgan fingerprint density at radius 2 is 0.609 bits per heavy atom. The summed E-state index contributed by atoms with van der Waals surface area (Å²) >= 11 is 0. The lowest BCUT2D eigenvalue weighted by Crippen LogP contribution is -2.30. The average molecular weight is 962 g/mol. The molecular formula is C63H108O6. The molecule has 0 aromatic heterocycles. The molecule has 0 aliphatic rings. The number of allylic oxidation sites excluding steroid dienone is 13. The van der Waals surface area contributed by atoms with E-state index in [0.29, 0.717) is 12.8 Å².